The predicted octanol–water partition coefficient (Wildman–Crippen LogP) is 4.30. The number of benzene rings is 3. The molecule has 0 heterocycles. The molecule has 3 aromatic rings. The third-order valence-corrected chi connectivity index (χ3v) is 5.84. The van der Waals surface area contributed by atoms with Gasteiger partial charge < -0.3 is 4.74 Å². The molecule has 120 valence electrons. The Balaban J connectivity index is 0.00000132. The van der Waals surface area contributed by atoms with Crippen LogP contribution in [0.5, 0.6) is 5.75 Å². The number of hydrogen-bond donors (Lipinski definition) is 0. The van der Waals surface area contributed by atoms with E-state index in [1.165, 1.54) is 15.9 Å². The molecule has 0 radical (unpaired) electrons. The largest absolute Gasteiger partial charge is 0.496 e. The molecule has 0 bridgehead atoms. The van der Waals surface area contributed by atoms with Crippen LogP contribution < -0.4 is 20.7 Å². The van der Waals surface area contributed by atoms with E-state index in [1.54, 1.807) is 7.11 Å². The molecule has 0 aromatic heterocycles. The highest BCUT2D eigenvalue weighted by molar-refractivity contribution is 7.80. The normalized spacial score (nSPS) is 9.65. The minimum absolute atomic E-state index is 0. The van der Waals surface area contributed by atoms with Gasteiger partial charge in [0.05, 0.1) is 7.11 Å². The van der Waals surface area contributed by atoms with Gasteiger partial charge in [-0.05, 0) is 24.6 Å². The first-order chi connectivity index (χ1) is 10.4. The molecule has 0 saturated carbocycles. The summed E-state index contributed by atoms with van der Waals surface area (Å²) in [6.45, 7) is 0. The Morgan fingerprint density at radius 3 is 1.52 bits per heavy atom. The van der Waals surface area contributed by atoms with Crippen LogP contribution in [-0.2, 0) is 0 Å². The lowest BCUT2D eigenvalue weighted by molar-refractivity contribution is 0.418. The van der Waals surface area contributed by atoms with Crippen LogP contribution in [0.25, 0.3) is 0 Å². The smallest absolute Gasteiger partial charge is 0.127 e. The van der Waals surface area contributed by atoms with Crippen molar-refractivity contribution < 1.29 is 4.74 Å². The Morgan fingerprint density at radius 1 is 0.609 bits per heavy atom. The molecule has 4 heteroatoms. The van der Waals surface area contributed by atoms with Crippen LogP contribution in [0.3, 0.4) is 0 Å². The van der Waals surface area contributed by atoms with E-state index in [9.17, 15) is 0 Å². The Labute approximate surface area is 151 Å². The third kappa shape index (κ3) is 4.48. The Hall–Kier alpha value is -1.53. The quantitative estimate of drug-likeness (QED) is 0.627. The van der Waals surface area contributed by atoms with Gasteiger partial charge in [-0.1, -0.05) is 78.9 Å². The van der Waals surface area contributed by atoms with Crippen LogP contribution in [0.15, 0.2) is 84.9 Å². The van der Waals surface area contributed by atoms with Crippen molar-refractivity contribution >= 4 is 48.6 Å². The van der Waals surface area contributed by atoms with Crippen molar-refractivity contribution in [3.8, 4) is 5.75 Å². The summed E-state index contributed by atoms with van der Waals surface area (Å²) in [6, 6.07) is 29.6. The van der Waals surface area contributed by atoms with E-state index < -0.39 is 7.92 Å². The van der Waals surface area contributed by atoms with Crippen molar-refractivity contribution in [3.05, 3.63) is 84.9 Å². The summed E-state index contributed by atoms with van der Waals surface area (Å²) in [5.41, 5.74) is 0. The van der Waals surface area contributed by atoms with Gasteiger partial charge >= 0.3 is 0 Å². The lowest BCUT2D eigenvalue weighted by Crippen LogP contribution is -2.21. The summed E-state index contributed by atoms with van der Waals surface area (Å²) < 4.78 is 5.59. The van der Waals surface area contributed by atoms with Gasteiger partial charge in [0.15, 0.2) is 0 Å². The van der Waals surface area contributed by atoms with Crippen molar-refractivity contribution in [3.63, 3.8) is 0 Å². The fraction of sp³-hybridized carbons (Fsp3) is 0.0526. The van der Waals surface area contributed by atoms with Crippen LogP contribution in [0.4, 0.5) is 0 Å². The van der Waals surface area contributed by atoms with Crippen molar-refractivity contribution in [1.29, 1.82) is 0 Å². The van der Waals surface area contributed by atoms with E-state index >= 15 is 0 Å². The standard InChI is InChI=1S/C19H17OP.2ClH/c1-20-18-14-8-9-15-19(18)21(16-10-4-2-5-11-16)17-12-6-3-7-13-17;;/h2-15H,1H3;2*1H. The zero-order chi connectivity index (χ0) is 14.5. The van der Waals surface area contributed by atoms with Gasteiger partial charge in [0.1, 0.15) is 5.75 Å². The van der Waals surface area contributed by atoms with Gasteiger partial charge in [-0.25, -0.2) is 0 Å². The zero-order valence-electron chi connectivity index (χ0n) is 12.8. The fourth-order valence-corrected chi connectivity index (χ4v) is 4.81. The number of rotatable bonds is 4. The molecule has 0 aliphatic rings. The van der Waals surface area contributed by atoms with Crippen LogP contribution in [0.1, 0.15) is 0 Å². The van der Waals surface area contributed by atoms with E-state index in [1.807, 2.05) is 12.1 Å². The van der Waals surface area contributed by atoms with E-state index in [-0.39, 0.29) is 24.8 Å². The van der Waals surface area contributed by atoms with Gasteiger partial charge in [-0.15, -0.1) is 24.8 Å². The lowest BCUT2D eigenvalue weighted by atomic mass is 10.3. The first kappa shape index (κ1) is 19.5. The van der Waals surface area contributed by atoms with Crippen LogP contribution in [-0.4, -0.2) is 7.11 Å². The topological polar surface area (TPSA) is 9.23 Å². The number of halogens is 2. The molecule has 0 amide bonds. The molecular weight excluding hydrogens is 346 g/mol. The van der Waals surface area contributed by atoms with Crippen molar-refractivity contribution in [2.75, 3.05) is 7.11 Å². The van der Waals surface area contributed by atoms with Crippen LogP contribution in [0, 0.1) is 0 Å². The van der Waals surface area contributed by atoms with Gasteiger partial charge in [0.2, 0.25) is 0 Å². The summed E-state index contributed by atoms with van der Waals surface area (Å²) in [6.07, 6.45) is 0. The van der Waals surface area contributed by atoms with Gasteiger partial charge in [-0.3, -0.25) is 0 Å². The predicted molar refractivity (Wildman–Crippen MR) is 106 cm³/mol. The minimum Gasteiger partial charge on any atom is -0.496 e. The minimum atomic E-state index is -0.598. The van der Waals surface area contributed by atoms with Crippen molar-refractivity contribution in [2.24, 2.45) is 0 Å². The van der Waals surface area contributed by atoms with Gasteiger partial charge in [0.25, 0.3) is 0 Å². The molecule has 1 nitrogen and oxygen atoms in total. The highest BCUT2D eigenvalue weighted by Crippen LogP contribution is 2.36. The highest BCUT2D eigenvalue weighted by atomic mass is 35.5. The van der Waals surface area contributed by atoms with Crippen molar-refractivity contribution in [2.45, 2.75) is 0 Å². The number of methoxy groups -OCH3 is 1. The maximum atomic E-state index is 5.59. The summed E-state index contributed by atoms with van der Waals surface area (Å²) >= 11 is 0. The second kappa shape index (κ2) is 9.57. The molecule has 0 unspecified atom stereocenters. The lowest BCUT2D eigenvalue weighted by Gasteiger charge is -2.21. The second-order valence-corrected chi connectivity index (χ2v) is 6.86. The average molecular weight is 365 g/mol. The van der Waals surface area contributed by atoms with Crippen molar-refractivity contribution in [1.82, 2.24) is 0 Å². The summed E-state index contributed by atoms with van der Waals surface area (Å²) in [5.74, 6) is 0.955. The molecule has 3 aromatic carbocycles. The molecule has 0 aliphatic heterocycles. The zero-order valence-corrected chi connectivity index (χ0v) is 15.3. The van der Waals surface area contributed by atoms with E-state index in [0.717, 1.165) is 5.75 Å². The molecule has 0 saturated heterocycles. The van der Waals surface area contributed by atoms with E-state index in [2.05, 4.69) is 72.8 Å². The number of para-hydroxylation sites is 1. The monoisotopic (exact) mass is 364 g/mol. The molecule has 0 aliphatic carbocycles. The summed E-state index contributed by atoms with van der Waals surface area (Å²) in [4.78, 5) is 0. The van der Waals surface area contributed by atoms with Crippen LogP contribution >= 0.6 is 32.7 Å². The van der Waals surface area contributed by atoms with E-state index in [0.29, 0.717) is 0 Å². The Morgan fingerprint density at radius 2 is 1.04 bits per heavy atom. The second-order valence-electron chi connectivity index (χ2n) is 4.68. The van der Waals surface area contributed by atoms with Crippen LogP contribution in [0.2, 0.25) is 0 Å². The maximum absolute atomic E-state index is 5.59. The molecule has 0 fully saturated rings. The molecular formula is C19H19Cl2OP. The Kier molecular flexibility index (Phi) is 8.12. The van der Waals surface area contributed by atoms with E-state index in [4.69, 9.17) is 4.74 Å². The summed E-state index contributed by atoms with van der Waals surface area (Å²) in [7, 11) is 1.14. The number of ether oxygens (including phenoxy) is 1. The fourth-order valence-electron chi connectivity index (χ4n) is 2.40. The SMILES string of the molecule is COc1ccccc1P(c1ccccc1)c1ccccc1.Cl.Cl. The Bertz CT molecular complexity index is 665. The maximum Gasteiger partial charge on any atom is 0.127 e. The molecule has 0 spiro atoms. The number of hydrogen-bond acceptors (Lipinski definition) is 1. The average Bonchev–Trinajstić information content (AvgIpc) is 2.58. The first-order valence-electron chi connectivity index (χ1n) is 6.93. The highest BCUT2D eigenvalue weighted by Gasteiger charge is 2.19. The molecule has 0 N–H and O–H groups in total. The summed E-state index contributed by atoms with van der Waals surface area (Å²) in [5, 5.41) is 3.93. The van der Waals surface area contributed by atoms with Gasteiger partial charge in [-0.2, -0.15) is 0 Å². The molecule has 3 rings (SSSR count). The first-order valence-corrected chi connectivity index (χ1v) is 8.27. The molecule has 0 atom stereocenters. The van der Waals surface area contributed by atoms with Gasteiger partial charge in [0, 0.05) is 5.30 Å². The third-order valence-electron chi connectivity index (χ3n) is 3.35. The molecule has 23 heavy (non-hydrogen) atoms.